The van der Waals surface area contributed by atoms with Gasteiger partial charge in [0.05, 0.1) is 17.7 Å². The number of amides is 1. The predicted octanol–water partition coefficient (Wildman–Crippen LogP) is 4.08. The molecule has 150 valence electrons. The SMILES string of the molecule is O=C1C(=O)N(C[C@H]2CCCO2)[C@@H](c2ccccc2F)/C1=C(\O)c1ccc(Cl)cc1. The molecule has 29 heavy (non-hydrogen) atoms. The maximum atomic E-state index is 14.7. The van der Waals surface area contributed by atoms with Gasteiger partial charge in [-0.2, -0.15) is 0 Å². The van der Waals surface area contributed by atoms with Crippen LogP contribution in [-0.2, 0) is 14.3 Å². The lowest BCUT2D eigenvalue weighted by Gasteiger charge is -2.27. The summed E-state index contributed by atoms with van der Waals surface area (Å²) in [5.74, 6) is -2.53. The molecule has 2 aromatic carbocycles. The Morgan fingerprint density at radius 2 is 1.90 bits per heavy atom. The highest BCUT2D eigenvalue weighted by Crippen LogP contribution is 2.41. The van der Waals surface area contributed by atoms with Crippen LogP contribution in [0, 0.1) is 5.82 Å². The molecule has 0 bridgehead atoms. The third-order valence-corrected chi connectivity index (χ3v) is 5.53. The largest absolute Gasteiger partial charge is 0.507 e. The van der Waals surface area contributed by atoms with Crippen LogP contribution < -0.4 is 0 Å². The van der Waals surface area contributed by atoms with Crippen LogP contribution in [0.4, 0.5) is 4.39 Å². The minimum Gasteiger partial charge on any atom is -0.507 e. The quantitative estimate of drug-likeness (QED) is 0.464. The number of rotatable bonds is 4. The second-order valence-corrected chi connectivity index (χ2v) is 7.55. The molecule has 0 spiro atoms. The van der Waals surface area contributed by atoms with Crippen molar-refractivity contribution < 1.29 is 23.8 Å². The van der Waals surface area contributed by atoms with Gasteiger partial charge in [-0.3, -0.25) is 9.59 Å². The van der Waals surface area contributed by atoms with E-state index in [9.17, 15) is 19.1 Å². The van der Waals surface area contributed by atoms with Gasteiger partial charge >= 0.3 is 0 Å². The van der Waals surface area contributed by atoms with Crippen molar-refractivity contribution in [3.05, 3.63) is 76.1 Å². The van der Waals surface area contributed by atoms with Crippen molar-refractivity contribution in [3.63, 3.8) is 0 Å². The number of likely N-dealkylation sites (tertiary alicyclic amines) is 1. The van der Waals surface area contributed by atoms with E-state index in [0.29, 0.717) is 17.2 Å². The topological polar surface area (TPSA) is 66.8 Å². The lowest BCUT2D eigenvalue weighted by atomic mass is 9.95. The number of benzene rings is 2. The second-order valence-electron chi connectivity index (χ2n) is 7.11. The Kier molecular flexibility index (Phi) is 5.39. The maximum absolute atomic E-state index is 14.7. The minimum atomic E-state index is -1.03. The van der Waals surface area contributed by atoms with Crippen molar-refractivity contribution in [2.75, 3.05) is 13.2 Å². The number of ketones is 1. The zero-order chi connectivity index (χ0) is 20.5. The van der Waals surface area contributed by atoms with E-state index >= 15 is 0 Å². The van der Waals surface area contributed by atoms with E-state index in [1.54, 1.807) is 30.3 Å². The molecule has 1 amide bonds. The lowest BCUT2D eigenvalue weighted by Crippen LogP contribution is -2.36. The molecule has 1 N–H and O–H groups in total. The molecule has 0 radical (unpaired) electrons. The van der Waals surface area contributed by atoms with E-state index in [1.165, 1.54) is 23.1 Å². The van der Waals surface area contributed by atoms with Crippen molar-refractivity contribution in [1.29, 1.82) is 0 Å². The van der Waals surface area contributed by atoms with Gasteiger partial charge in [0.15, 0.2) is 0 Å². The van der Waals surface area contributed by atoms with Crippen LogP contribution in [0.5, 0.6) is 0 Å². The summed E-state index contributed by atoms with van der Waals surface area (Å²) in [4.78, 5) is 27.0. The Hall–Kier alpha value is -2.70. The highest BCUT2D eigenvalue weighted by molar-refractivity contribution is 6.46. The number of ether oxygens (including phenoxy) is 1. The number of hydrogen-bond acceptors (Lipinski definition) is 4. The van der Waals surface area contributed by atoms with Crippen LogP contribution in [-0.4, -0.2) is 41.0 Å². The zero-order valence-electron chi connectivity index (χ0n) is 15.5. The smallest absolute Gasteiger partial charge is 0.295 e. The Bertz CT molecular complexity index is 983. The van der Waals surface area contributed by atoms with Crippen LogP contribution in [0.3, 0.4) is 0 Å². The zero-order valence-corrected chi connectivity index (χ0v) is 16.2. The molecule has 2 saturated heterocycles. The fourth-order valence-electron chi connectivity index (χ4n) is 3.86. The van der Waals surface area contributed by atoms with Gasteiger partial charge in [-0.25, -0.2) is 4.39 Å². The molecule has 0 aromatic heterocycles. The van der Waals surface area contributed by atoms with Crippen molar-refractivity contribution in [1.82, 2.24) is 4.90 Å². The van der Waals surface area contributed by atoms with Gasteiger partial charge in [0, 0.05) is 29.3 Å². The molecule has 2 heterocycles. The summed E-state index contributed by atoms with van der Waals surface area (Å²) in [6.45, 7) is 0.741. The number of aliphatic hydroxyl groups is 1. The van der Waals surface area contributed by atoms with Crippen molar-refractivity contribution >= 4 is 29.1 Å². The highest BCUT2D eigenvalue weighted by atomic mass is 35.5. The normalized spacial score (nSPS) is 23.7. The Morgan fingerprint density at radius 1 is 1.17 bits per heavy atom. The summed E-state index contributed by atoms with van der Waals surface area (Å²) >= 11 is 5.90. The second kappa shape index (κ2) is 7.97. The third-order valence-electron chi connectivity index (χ3n) is 5.28. The molecular weight excluding hydrogens is 397 g/mol. The summed E-state index contributed by atoms with van der Waals surface area (Å²) in [6, 6.07) is 11.1. The molecule has 2 aliphatic rings. The maximum Gasteiger partial charge on any atom is 0.295 e. The van der Waals surface area contributed by atoms with Crippen molar-refractivity contribution in [3.8, 4) is 0 Å². The summed E-state index contributed by atoms with van der Waals surface area (Å²) in [7, 11) is 0. The first-order valence-corrected chi connectivity index (χ1v) is 9.75. The molecule has 0 saturated carbocycles. The number of Topliss-reactive ketones (excluding diaryl/α,β-unsaturated/α-hetero) is 1. The van der Waals surface area contributed by atoms with E-state index in [4.69, 9.17) is 16.3 Å². The molecule has 7 heteroatoms. The molecule has 2 atom stereocenters. The van der Waals surface area contributed by atoms with E-state index < -0.39 is 23.5 Å². The van der Waals surface area contributed by atoms with Crippen molar-refractivity contribution in [2.24, 2.45) is 0 Å². The first kappa shape index (κ1) is 19.6. The number of halogens is 2. The van der Waals surface area contributed by atoms with E-state index in [-0.39, 0.29) is 29.5 Å². The van der Waals surface area contributed by atoms with Gasteiger partial charge in [-0.05, 0) is 43.2 Å². The highest BCUT2D eigenvalue weighted by Gasteiger charge is 2.47. The summed E-state index contributed by atoms with van der Waals surface area (Å²) in [6.07, 6.45) is 1.39. The van der Waals surface area contributed by atoms with Gasteiger partial charge in [0.1, 0.15) is 11.6 Å². The van der Waals surface area contributed by atoms with Crippen LogP contribution in [0.1, 0.15) is 30.0 Å². The predicted molar refractivity (Wildman–Crippen MR) is 106 cm³/mol. The fourth-order valence-corrected chi connectivity index (χ4v) is 3.99. The summed E-state index contributed by atoms with van der Waals surface area (Å²) < 4.78 is 20.3. The van der Waals surface area contributed by atoms with Gasteiger partial charge in [-0.15, -0.1) is 0 Å². The van der Waals surface area contributed by atoms with E-state index in [2.05, 4.69) is 0 Å². The van der Waals surface area contributed by atoms with E-state index in [0.717, 1.165) is 12.8 Å². The molecule has 0 unspecified atom stereocenters. The standard InChI is InChI=1S/C22H19ClFNO4/c23-14-9-7-13(8-10-14)20(26)18-19(16-5-1-2-6-17(16)24)25(22(28)21(18)27)12-15-4-3-11-29-15/h1-2,5-10,15,19,26H,3-4,11-12H2/b20-18+/t15-,19+/m1/s1. The van der Waals surface area contributed by atoms with Gasteiger partial charge in [0.2, 0.25) is 0 Å². The summed E-state index contributed by atoms with van der Waals surface area (Å²) in [5.41, 5.74) is 0.339. The van der Waals surface area contributed by atoms with Gasteiger partial charge < -0.3 is 14.7 Å². The summed E-state index contributed by atoms with van der Waals surface area (Å²) in [5, 5.41) is 11.3. The first-order valence-electron chi connectivity index (χ1n) is 9.37. The molecule has 4 rings (SSSR count). The minimum absolute atomic E-state index is 0.139. The molecule has 2 fully saturated rings. The first-order chi connectivity index (χ1) is 14.0. The average molecular weight is 416 g/mol. The fraction of sp³-hybridized carbons (Fsp3) is 0.273. The molecular formula is C22H19ClFNO4. The van der Waals surface area contributed by atoms with Crippen LogP contribution >= 0.6 is 11.6 Å². The van der Waals surface area contributed by atoms with Crippen LogP contribution in [0.25, 0.3) is 5.76 Å². The van der Waals surface area contributed by atoms with Gasteiger partial charge in [-0.1, -0.05) is 29.8 Å². The number of nitrogens with zero attached hydrogens (tertiary/aromatic N) is 1. The molecule has 2 aromatic rings. The molecule has 5 nitrogen and oxygen atoms in total. The Balaban J connectivity index is 1.84. The van der Waals surface area contributed by atoms with Crippen LogP contribution in [0.2, 0.25) is 5.02 Å². The number of carbonyl (C=O) groups is 2. The Morgan fingerprint density at radius 3 is 2.55 bits per heavy atom. The van der Waals surface area contributed by atoms with E-state index in [1.807, 2.05) is 0 Å². The van der Waals surface area contributed by atoms with Gasteiger partial charge in [0.25, 0.3) is 11.7 Å². The van der Waals surface area contributed by atoms with Crippen LogP contribution in [0.15, 0.2) is 54.1 Å². The molecule has 2 aliphatic heterocycles. The number of aliphatic hydroxyl groups excluding tert-OH is 1. The van der Waals surface area contributed by atoms with Crippen molar-refractivity contribution in [2.45, 2.75) is 25.0 Å². The lowest BCUT2D eigenvalue weighted by molar-refractivity contribution is -0.140. The number of carbonyl (C=O) groups excluding carboxylic acids is 2. The third kappa shape index (κ3) is 3.66. The monoisotopic (exact) mass is 415 g/mol. The number of hydrogen-bond donors (Lipinski definition) is 1. The average Bonchev–Trinajstić information content (AvgIpc) is 3.31. The molecule has 0 aliphatic carbocycles. The Labute approximate surface area is 172 Å².